The van der Waals surface area contributed by atoms with Crippen LogP contribution in [0.3, 0.4) is 0 Å². The number of aromatic nitrogens is 2. The monoisotopic (exact) mass is 423 g/mol. The van der Waals surface area contributed by atoms with E-state index in [2.05, 4.69) is 10.4 Å². The van der Waals surface area contributed by atoms with Crippen molar-refractivity contribution in [3.05, 3.63) is 87.4 Å². The second kappa shape index (κ2) is 8.42. The summed E-state index contributed by atoms with van der Waals surface area (Å²) in [6.45, 7) is 2.80. The molecule has 0 atom stereocenters. The lowest BCUT2D eigenvalue weighted by atomic mass is 10.1. The summed E-state index contributed by atoms with van der Waals surface area (Å²) >= 11 is 6.19. The molecule has 0 spiro atoms. The molecule has 7 nitrogen and oxygen atoms in total. The highest BCUT2D eigenvalue weighted by molar-refractivity contribution is 6.31. The van der Waals surface area contributed by atoms with Crippen LogP contribution < -0.4 is 15.7 Å². The highest BCUT2D eigenvalue weighted by Crippen LogP contribution is 2.23. The Hall–Kier alpha value is -3.58. The molecule has 152 valence electrons. The van der Waals surface area contributed by atoms with E-state index in [0.29, 0.717) is 35.1 Å². The summed E-state index contributed by atoms with van der Waals surface area (Å²) in [5.41, 5.74) is 0.773. The number of amides is 1. The molecule has 0 fully saturated rings. The molecule has 4 rings (SSSR count). The summed E-state index contributed by atoms with van der Waals surface area (Å²) in [6, 6.07) is 15.3. The molecular weight excluding hydrogens is 406 g/mol. The van der Waals surface area contributed by atoms with Crippen LogP contribution in [0, 0.1) is 0 Å². The maximum absolute atomic E-state index is 12.8. The van der Waals surface area contributed by atoms with Crippen LogP contribution in [-0.2, 0) is 6.54 Å². The molecule has 1 N–H and O–H groups in total. The van der Waals surface area contributed by atoms with E-state index in [-0.39, 0.29) is 11.1 Å². The maximum atomic E-state index is 12.8. The molecule has 0 aliphatic carbocycles. The van der Waals surface area contributed by atoms with Crippen LogP contribution >= 0.6 is 11.6 Å². The first-order valence-electron chi connectivity index (χ1n) is 9.32. The highest BCUT2D eigenvalue weighted by atomic mass is 35.5. The van der Waals surface area contributed by atoms with Gasteiger partial charge in [0, 0.05) is 34.8 Å². The Bertz CT molecular complexity index is 1280. The predicted molar refractivity (Wildman–Crippen MR) is 114 cm³/mol. The molecule has 2 aromatic carbocycles. The van der Waals surface area contributed by atoms with Crippen LogP contribution in [0.1, 0.15) is 22.8 Å². The van der Waals surface area contributed by atoms with Crippen molar-refractivity contribution in [3.8, 4) is 5.75 Å². The van der Waals surface area contributed by atoms with Gasteiger partial charge in [-0.05, 0) is 30.7 Å². The van der Waals surface area contributed by atoms with Gasteiger partial charge in [0.1, 0.15) is 11.3 Å². The molecule has 0 aliphatic rings. The van der Waals surface area contributed by atoms with E-state index in [1.807, 2.05) is 31.2 Å². The van der Waals surface area contributed by atoms with Crippen LogP contribution in [0.2, 0.25) is 5.02 Å². The lowest BCUT2D eigenvalue weighted by molar-refractivity contribution is 0.102. The number of nitrogens with zero attached hydrogens (tertiary/aromatic N) is 2. The zero-order valence-electron chi connectivity index (χ0n) is 16.1. The minimum Gasteiger partial charge on any atom is -0.494 e. The first-order valence-corrected chi connectivity index (χ1v) is 9.70. The molecule has 2 heterocycles. The number of benzene rings is 2. The van der Waals surface area contributed by atoms with Crippen LogP contribution in [0.5, 0.6) is 5.75 Å². The number of anilines is 1. The quantitative estimate of drug-likeness (QED) is 0.466. The molecule has 4 aromatic rings. The maximum Gasteiger partial charge on any atom is 0.337 e. The molecule has 0 saturated carbocycles. The van der Waals surface area contributed by atoms with Gasteiger partial charge in [-0.2, -0.15) is 5.10 Å². The lowest BCUT2D eigenvalue weighted by Crippen LogP contribution is -2.16. The molecule has 0 bridgehead atoms. The van der Waals surface area contributed by atoms with Crippen molar-refractivity contribution < 1.29 is 13.9 Å². The Morgan fingerprint density at radius 3 is 2.83 bits per heavy atom. The van der Waals surface area contributed by atoms with E-state index >= 15 is 0 Å². The molecule has 1 amide bonds. The number of hydrogen-bond donors (Lipinski definition) is 1. The zero-order chi connectivity index (χ0) is 21.1. The van der Waals surface area contributed by atoms with E-state index in [9.17, 15) is 9.59 Å². The van der Waals surface area contributed by atoms with Crippen molar-refractivity contribution in [2.45, 2.75) is 13.5 Å². The third-order valence-electron chi connectivity index (χ3n) is 4.44. The number of fused-ring (bicyclic) bond motifs is 1. The fourth-order valence-corrected chi connectivity index (χ4v) is 3.28. The minimum absolute atomic E-state index is 0.199. The molecule has 8 heteroatoms. The summed E-state index contributed by atoms with van der Waals surface area (Å²) in [4.78, 5) is 24.8. The second-order valence-corrected chi connectivity index (χ2v) is 6.92. The minimum atomic E-state index is -0.620. The Labute approximate surface area is 176 Å². The third-order valence-corrected chi connectivity index (χ3v) is 4.81. The van der Waals surface area contributed by atoms with E-state index in [4.69, 9.17) is 20.8 Å². The lowest BCUT2D eigenvalue weighted by Gasteiger charge is -2.08. The van der Waals surface area contributed by atoms with Crippen molar-refractivity contribution >= 4 is 34.3 Å². The van der Waals surface area contributed by atoms with Gasteiger partial charge in [-0.1, -0.05) is 29.8 Å². The summed E-state index contributed by atoms with van der Waals surface area (Å²) in [7, 11) is 0. The van der Waals surface area contributed by atoms with Gasteiger partial charge in [-0.15, -0.1) is 0 Å². The van der Waals surface area contributed by atoms with Crippen molar-refractivity contribution in [3.63, 3.8) is 0 Å². The molecule has 0 saturated heterocycles. The molecule has 0 aliphatic heterocycles. The number of hydrogen-bond acceptors (Lipinski definition) is 5. The van der Waals surface area contributed by atoms with Gasteiger partial charge in [0.2, 0.25) is 0 Å². The van der Waals surface area contributed by atoms with Crippen molar-refractivity contribution in [1.29, 1.82) is 0 Å². The van der Waals surface area contributed by atoms with Crippen LogP contribution in [0.15, 0.2) is 70.0 Å². The first-order chi connectivity index (χ1) is 14.5. The largest absolute Gasteiger partial charge is 0.494 e. The standard InChI is InChI=1S/C22H18ClN3O4/c1-2-29-15-7-8-16-17(12-21(27)30-19(16)11-15)22(28)24-20-9-10-26(25-20)13-14-5-3-4-6-18(14)23/h3-12H,2,13H2,1H3,(H,24,25,28). The second-order valence-electron chi connectivity index (χ2n) is 6.51. The number of carbonyl (C=O) groups is 1. The highest BCUT2D eigenvalue weighted by Gasteiger charge is 2.15. The summed E-state index contributed by atoms with van der Waals surface area (Å²) in [5.74, 6) is 0.462. The number of halogens is 1. The van der Waals surface area contributed by atoms with Gasteiger partial charge >= 0.3 is 5.63 Å². The third kappa shape index (κ3) is 4.21. The molecule has 2 aromatic heterocycles. The van der Waals surface area contributed by atoms with E-state index in [1.54, 1.807) is 35.1 Å². The smallest absolute Gasteiger partial charge is 0.337 e. The average molecular weight is 424 g/mol. The van der Waals surface area contributed by atoms with Crippen LogP contribution in [-0.4, -0.2) is 22.3 Å². The predicted octanol–water partition coefficient (Wildman–Crippen LogP) is 4.34. The fraction of sp³-hybridized carbons (Fsp3) is 0.136. The molecule has 0 unspecified atom stereocenters. The summed E-state index contributed by atoms with van der Waals surface area (Å²) in [6.07, 6.45) is 1.74. The Morgan fingerprint density at radius 1 is 1.20 bits per heavy atom. The Balaban J connectivity index is 1.57. The van der Waals surface area contributed by atoms with Crippen molar-refractivity contribution in [2.75, 3.05) is 11.9 Å². The zero-order valence-corrected chi connectivity index (χ0v) is 16.8. The van der Waals surface area contributed by atoms with Gasteiger partial charge < -0.3 is 14.5 Å². The Morgan fingerprint density at radius 2 is 2.03 bits per heavy atom. The van der Waals surface area contributed by atoms with Crippen LogP contribution in [0.25, 0.3) is 11.0 Å². The average Bonchev–Trinajstić information content (AvgIpc) is 3.16. The topological polar surface area (TPSA) is 86.4 Å². The summed E-state index contributed by atoms with van der Waals surface area (Å²) in [5, 5.41) is 8.23. The van der Waals surface area contributed by atoms with Crippen LogP contribution in [0.4, 0.5) is 5.82 Å². The molecular formula is C22H18ClN3O4. The first kappa shape index (κ1) is 19.7. The van der Waals surface area contributed by atoms with E-state index in [1.165, 1.54) is 6.07 Å². The van der Waals surface area contributed by atoms with Crippen molar-refractivity contribution in [2.24, 2.45) is 0 Å². The molecule has 0 radical (unpaired) electrons. The number of ether oxygens (including phenoxy) is 1. The van der Waals surface area contributed by atoms with E-state index < -0.39 is 11.5 Å². The SMILES string of the molecule is CCOc1ccc2c(C(=O)Nc3ccn(Cc4ccccc4Cl)n3)cc(=O)oc2c1. The fourth-order valence-electron chi connectivity index (χ4n) is 3.09. The van der Waals surface area contributed by atoms with E-state index in [0.717, 1.165) is 5.56 Å². The van der Waals surface area contributed by atoms with Gasteiger partial charge in [0.25, 0.3) is 5.91 Å². The number of nitrogens with one attached hydrogen (secondary N) is 1. The van der Waals surface area contributed by atoms with Gasteiger partial charge in [0.15, 0.2) is 5.82 Å². The van der Waals surface area contributed by atoms with Gasteiger partial charge in [0.05, 0.1) is 18.7 Å². The number of rotatable bonds is 6. The van der Waals surface area contributed by atoms with Crippen molar-refractivity contribution in [1.82, 2.24) is 9.78 Å². The number of carbonyl (C=O) groups excluding carboxylic acids is 1. The molecule has 30 heavy (non-hydrogen) atoms. The van der Waals surface area contributed by atoms with Gasteiger partial charge in [-0.3, -0.25) is 9.48 Å². The summed E-state index contributed by atoms with van der Waals surface area (Å²) < 4.78 is 12.3. The Kier molecular flexibility index (Phi) is 5.54. The normalized spacial score (nSPS) is 10.9. The van der Waals surface area contributed by atoms with Gasteiger partial charge in [-0.25, -0.2) is 4.79 Å².